The molecule has 1 heterocycles. The number of esters is 2. The Labute approximate surface area is 229 Å². The molecular formula is C31H26F2N2O5. The van der Waals surface area contributed by atoms with Gasteiger partial charge in [-0.1, -0.05) is 48.5 Å². The van der Waals surface area contributed by atoms with Gasteiger partial charge in [-0.05, 0) is 47.9 Å². The summed E-state index contributed by atoms with van der Waals surface area (Å²) in [6, 6.07) is 19.9. The molecule has 0 aromatic heterocycles. The number of allylic oxidation sites excluding steroid dienone is 2. The second kappa shape index (κ2) is 10.8. The molecule has 2 aliphatic rings. The third-order valence-corrected chi connectivity index (χ3v) is 7.40. The fraction of sp³-hybridized carbons (Fsp3) is 0.194. The number of halogens is 2. The number of ketones is 1. The van der Waals surface area contributed by atoms with Crippen molar-refractivity contribution in [3.8, 4) is 0 Å². The maximum Gasteiger partial charge on any atom is 0.338 e. The van der Waals surface area contributed by atoms with Gasteiger partial charge in [-0.25, -0.2) is 13.6 Å². The Morgan fingerprint density at radius 1 is 0.875 bits per heavy atom. The predicted molar refractivity (Wildman–Crippen MR) is 143 cm³/mol. The maximum atomic E-state index is 14.5. The van der Waals surface area contributed by atoms with Crippen LogP contribution in [0.15, 0.2) is 102 Å². The summed E-state index contributed by atoms with van der Waals surface area (Å²) in [6.07, 6.45) is 0.133. The van der Waals surface area contributed by atoms with Crippen molar-refractivity contribution in [2.45, 2.75) is 18.3 Å². The number of nitrogens with two attached hydrogens (primary N) is 1. The minimum Gasteiger partial charge on any atom is -0.468 e. The van der Waals surface area contributed by atoms with Crippen molar-refractivity contribution in [3.63, 3.8) is 0 Å². The molecule has 40 heavy (non-hydrogen) atoms. The average molecular weight is 545 g/mol. The van der Waals surface area contributed by atoms with Crippen molar-refractivity contribution in [1.29, 1.82) is 0 Å². The molecule has 9 heteroatoms. The Kier molecular flexibility index (Phi) is 7.21. The predicted octanol–water partition coefficient (Wildman–Crippen LogP) is 4.71. The molecule has 5 rings (SSSR count). The molecule has 204 valence electrons. The van der Waals surface area contributed by atoms with Crippen molar-refractivity contribution >= 4 is 23.4 Å². The van der Waals surface area contributed by atoms with Crippen LogP contribution in [0, 0.1) is 17.6 Å². The number of hydrogen-bond donors (Lipinski definition) is 1. The Morgan fingerprint density at radius 2 is 1.57 bits per heavy atom. The number of carbonyl (C=O) groups is 3. The van der Waals surface area contributed by atoms with E-state index in [1.807, 2.05) is 18.2 Å². The quantitative estimate of drug-likeness (QED) is 0.367. The molecule has 0 saturated heterocycles. The van der Waals surface area contributed by atoms with Crippen LogP contribution in [0.5, 0.6) is 0 Å². The second-order valence-electron chi connectivity index (χ2n) is 9.54. The van der Waals surface area contributed by atoms with Crippen molar-refractivity contribution in [2.24, 2.45) is 11.7 Å². The van der Waals surface area contributed by atoms with Gasteiger partial charge in [0.15, 0.2) is 5.78 Å². The zero-order valence-corrected chi connectivity index (χ0v) is 21.8. The Balaban J connectivity index is 1.83. The highest BCUT2D eigenvalue weighted by atomic mass is 19.1. The molecule has 0 saturated carbocycles. The minimum atomic E-state index is -1.23. The maximum absolute atomic E-state index is 14.5. The van der Waals surface area contributed by atoms with E-state index in [0.717, 1.165) is 5.56 Å². The topological polar surface area (TPSA) is 98.9 Å². The molecule has 3 aromatic carbocycles. The molecule has 3 aromatic rings. The van der Waals surface area contributed by atoms with E-state index in [2.05, 4.69) is 0 Å². The third kappa shape index (κ3) is 4.53. The smallest absolute Gasteiger partial charge is 0.338 e. The number of methoxy groups -OCH3 is 2. The first-order chi connectivity index (χ1) is 19.3. The SMILES string of the molecule is COC(=O)C1=C(N)N(c2cccc(F)c2)C2=C(C(=O)[C@@H](C(=O)OC)[C@@H](c3ccccc3)C2)[C@@H]1c1ccc(F)cc1. The summed E-state index contributed by atoms with van der Waals surface area (Å²) in [6.45, 7) is 0. The molecule has 0 radical (unpaired) electrons. The molecule has 0 unspecified atom stereocenters. The van der Waals surface area contributed by atoms with Crippen LogP contribution in [0.25, 0.3) is 0 Å². The Bertz CT molecular complexity index is 1550. The molecule has 0 bridgehead atoms. The van der Waals surface area contributed by atoms with E-state index >= 15 is 0 Å². The lowest BCUT2D eigenvalue weighted by Gasteiger charge is -2.44. The summed E-state index contributed by atoms with van der Waals surface area (Å²) in [5.74, 6) is -6.23. The number of anilines is 1. The van der Waals surface area contributed by atoms with Gasteiger partial charge >= 0.3 is 11.9 Å². The van der Waals surface area contributed by atoms with Crippen LogP contribution in [0.2, 0.25) is 0 Å². The van der Waals surface area contributed by atoms with Crippen LogP contribution >= 0.6 is 0 Å². The van der Waals surface area contributed by atoms with Gasteiger partial charge in [0.2, 0.25) is 0 Å². The van der Waals surface area contributed by atoms with Crippen molar-refractivity contribution in [1.82, 2.24) is 0 Å². The largest absolute Gasteiger partial charge is 0.468 e. The first kappa shape index (κ1) is 26.8. The Hall–Kier alpha value is -4.79. The van der Waals surface area contributed by atoms with Gasteiger partial charge in [0, 0.05) is 17.2 Å². The summed E-state index contributed by atoms with van der Waals surface area (Å²) in [5.41, 5.74) is 8.47. The summed E-state index contributed by atoms with van der Waals surface area (Å²) in [7, 11) is 2.38. The van der Waals surface area contributed by atoms with Crippen LogP contribution in [0.1, 0.15) is 29.4 Å². The van der Waals surface area contributed by atoms with Crippen LogP contribution in [-0.4, -0.2) is 31.9 Å². The molecule has 3 atom stereocenters. The standard InChI is InChI=1S/C31H26F2N2O5/c1-39-30(37)25-22(17-7-4-3-5-8-17)16-23-26(28(25)36)24(18-11-13-19(32)14-12-18)27(31(38)40-2)29(34)35(23)21-10-6-9-20(33)15-21/h3-15,22,24-25H,16,34H2,1-2H3/t22-,24+,25+/m1/s1. The lowest BCUT2D eigenvalue weighted by Crippen LogP contribution is -2.46. The van der Waals surface area contributed by atoms with Gasteiger partial charge in [0.1, 0.15) is 23.4 Å². The molecule has 1 aliphatic carbocycles. The van der Waals surface area contributed by atoms with Crippen molar-refractivity contribution in [3.05, 3.63) is 124 Å². The normalized spacial score (nSPS) is 20.8. The molecule has 0 fully saturated rings. The zero-order valence-electron chi connectivity index (χ0n) is 21.8. The highest BCUT2D eigenvalue weighted by Crippen LogP contribution is 2.51. The van der Waals surface area contributed by atoms with E-state index in [4.69, 9.17) is 15.2 Å². The van der Waals surface area contributed by atoms with E-state index < -0.39 is 47.1 Å². The van der Waals surface area contributed by atoms with Gasteiger partial charge in [0.25, 0.3) is 0 Å². The number of nitrogens with zero attached hydrogens (tertiary/aromatic N) is 1. The number of benzene rings is 3. The van der Waals surface area contributed by atoms with E-state index in [9.17, 15) is 23.2 Å². The van der Waals surface area contributed by atoms with Crippen LogP contribution in [-0.2, 0) is 23.9 Å². The van der Waals surface area contributed by atoms with E-state index in [0.29, 0.717) is 11.3 Å². The number of hydrogen-bond acceptors (Lipinski definition) is 7. The van der Waals surface area contributed by atoms with Crippen molar-refractivity contribution in [2.75, 3.05) is 19.1 Å². The summed E-state index contributed by atoms with van der Waals surface area (Å²) < 4.78 is 38.5. The fourth-order valence-electron chi connectivity index (χ4n) is 5.65. The third-order valence-electron chi connectivity index (χ3n) is 7.40. The van der Waals surface area contributed by atoms with Gasteiger partial charge in [-0.3, -0.25) is 14.5 Å². The van der Waals surface area contributed by atoms with Gasteiger partial charge < -0.3 is 15.2 Å². The number of Topliss-reactive ketones (excluding diaryl/α,β-unsaturated/α-hetero) is 1. The van der Waals surface area contributed by atoms with E-state index in [1.54, 1.807) is 18.2 Å². The lowest BCUT2D eigenvalue weighted by atomic mass is 9.67. The number of carbonyl (C=O) groups excluding carboxylic acids is 3. The zero-order chi connectivity index (χ0) is 28.6. The average Bonchev–Trinajstić information content (AvgIpc) is 2.96. The molecular weight excluding hydrogens is 518 g/mol. The molecule has 0 spiro atoms. The van der Waals surface area contributed by atoms with E-state index in [-0.39, 0.29) is 29.1 Å². The molecule has 0 amide bonds. The first-order valence-corrected chi connectivity index (χ1v) is 12.6. The van der Waals surface area contributed by atoms with Gasteiger partial charge in [0.05, 0.1) is 31.4 Å². The van der Waals surface area contributed by atoms with Crippen LogP contribution in [0.4, 0.5) is 14.5 Å². The Morgan fingerprint density at radius 3 is 2.20 bits per heavy atom. The molecule has 7 nitrogen and oxygen atoms in total. The highest BCUT2D eigenvalue weighted by molar-refractivity contribution is 6.14. The second-order valence-corrected chi connectivity index (χ2v) is 9.54. The highest BCUT2D eigenvalue weighted by Gasteiger charge is 2.51. The van der Waals surface area contributed by atoms with Crippen LogP contribution < -0.4 is 10.6 Å². The van der Waals surface area contributed by atoms with Gasteiger partial charge in [-0.15, -0.1) is 0 Å². The van der Waals surface area contributed by atoms with E-state index in [1.165, 1.54) is 61.6 Å². The van der Waals surface area contributed by atoms with Crippen LogP contribution in [0.3, 0.4) is 0 Å². The summed E-state index contributed by atoms with van der Waals surface area (Å²) >= 11 is 0. The molecule has 1 aliphatic heterocycles. The summed E-state index contributed by atoms with van der Waals surface area (Å²) in [4.78, 5) is 42.3. The summed E-state index contributed by atoms with van der Waals surface area (Å²) in [5, 5.41) is 0. The van der Waals surface area contributed by atoms with Crippen molar-refractivity contribution < 1.29 is 32.6 Å². The minimum absolute atomic E-state index is 0.0679. The monoisotopic (exact) mass is 544 g/mol. The van der Waals surface area contributed by atoms with Gasteiger partial charge in [-0.2, -0.15) is 0 Å². The lowest BCUT2D eigenvalue weighted by molar-refractivity contribution is -0.150. The number of rotatable bonds is 5. The first-order valence-electron chi connectivity index (χ1n) is 12.6. The molecule has 2 N–H and O–H groups in total. The fourth-order valence-corrected chi connectivity index (χ4v) is 5.65. The number of ether oxygens (including phenoxy) is 2.